The van der Waals surface area contributed by atoms with Gasteiger partial charge in [-0.25, -0.2) is 4.98 Å². The summed E-state index contributed by atoms with van der Waals surface area (Å²) in [4.78, 5) is 4.50. The third-order valence-electron chi connectivity index (χ3n) is 2.57. The van der Waals surface area contributed by atoms with Crippen LogP contribution in [-0.2, 0) is 11.2 Å². The van der Waals surface area contributed by atoms with Gasteiger partial charge in [-0.15, -0.1) is 11.3 Å². The van der Waals surface area contributed by atoms with Crippen molar-refractivity contribution in [1.82, 2.24) is 10.3 Å². The van der Waals surface area contributed by atoms with Crippen molar-refractivity contribution in [2.45, 2.75) is 32.7 Å². The van der Waals surface area contributed by atoms with E-state index in [2.05, 4.69) is 28.7 Å². The molecule has 0 bridgehead atoms. The van der Waals surface area contributed by atoms with E-state index in [1.54, 1.807) is 11.3 Å². The molecule has 1 N–H and O–H groups in total. The Morgan fingerprint density at radius 1 is 1.62 bits per heavy atom. The van der Waals surface area contributed by atoms with Gasteiger partial charge in [-0.2, -0.15) is 0 Å². The molecule has 0 saturated carbocycles. The molecule has 88 valence electrons. The largest absolute Gasteiger partial charge is 0.496 e. The van der Waals surface area contributed by atoms with E-state index in [1.807, 2.05) is 6.92 Å². The summed E-state index contributed by atoms with van der Waals surface area (Å²) >= 11 is 1.73. The summed E-state index contributed by atoms with van der Waals surface area (Å²) in [6.07, 6.45) is 4.15. The van der Waals surface area contributed by atoms with Gasteiger partial charge >= 0.3 is 0 Å². The predicted molar refractivity (Wildman–Crippen MR) is 66.7 cm³/mol. The lowest BCUT2D eigenvalue weighted by atomic mass is 10.1. The van der Waals surface area contributed by atoms with Crippen molar-refractivity contribution in [2.75, 3.05) is 13.2 Å². The molecule has 1 aromatic rings. The molecule has 0 radical (unpaired) electrons. The number of aryl methyl sites for hydroxylation is 1. The van der Waals surface area contributed by atoms with Gasteiger partial charge in [0.15, 0.2) is 0 Å². The molecular formula is C12H18N2OS. The smallest absolute Gasteiger partial charge is 0.109 e. The normalized spacial score (nSPS) is 17.0. The number of thiazole rings is 1. The van der Waals surface area contributed by atoms with Gasteiger partial charge in [0.05, 0.1) is 17.7 Å². The fraction of sp³-hybridized carbons (Fsp3) is 0.583. The van der Waals surface area contributed by atoms with Gasteiger partial charge in [0.25, 0.3) is 0 Å². The first-order valence-corrected chi connectivity index (χ1v) is 6.64. The Bertz CT molecular complexity index is 373. The molecular weight excluding hydrogens is 220 g/mol. The van der Waals surface area contributed by atoms with Crippen LogP contribution in [0, 0.1) is 6.92 Å². The van der Waals surface area contributed by atoms with Gasteiger partial charge in [-0.1, -0.05) is 6.92 Å². The summed E-state index contributed by atoms with van der Waals surface area (Å²) in [5, 5.41) is 6.74. The Balaban J connectivity index is 2.02. The van der Waals surface area contributed by atoms with Crippen molar-refractivity contribution in [1.29, 1.82) is 0 Å². The second kappa shape index (κ2) is 5.46. The molecule has 0 spiro atoms. The number of nitrogens with one attached hydrogen (secondary N) is 1. The van der Waals surface area contributed by atoms with Crippen molar-refractivity contribution in [2.24, 2.45) is 0 Å². The van der Waals surface area contributed by atoms with Crippen LogP contribution in [-0.4, -0.2) is 24.2 Å². The standard InChI is InChI=1S/C12H18N2OS/c1-3-13-10(11-5-4-6-15-11)7-12-14-9(2)8-16-12/h5,8,10,13H,3-4,6-7H2,1-2H3. The van der Waals surface area contributed by atoms with Gasteiger partial charge in [-0.3, -0.25) is 0 Å². The topological polar surface area (TPSA) is 34.2 Å². The van der Waals surface area contributed by atoms with Crippen LogP contribution in [0.5, 0.6) is 0 Å². The van der Waals surface area contributed by atoms with Crippen LogP contribution < -0.4 is 5.32 Å². The molecule has 0 amide bonds. The average Bonchev–Trinajstić information content (AvgIpc) is 2.88. The SMILES string of the molecule is CCNC(Cc1nc(C)cs1)C1=CCCO1. The zero-order valence-corrected chi connectivity index (χ0v) is 10.6. The van der Waals surface area contributed by atoms with Crippen LogP contribution in [0.4, 0.5) is 0 Å². The van der Waals surface area contributed by atoms with Crippen molar-refractivity contribution in [3.63, 3.8) is 0 Å². The molecule has 3 nitrogen and oxygen atoms in total. The van der Waals surface area contributed by atoms with Crippen molar-refractivity contribution < 1.29 is 4.74 Å². The molecule has 1 aliphatic heterocycles. The van der Waals surface area contributed by atoms with E-state index in [-0.39, 0.29) is 6.04 Å². The lowest BCUT2D eigenvalue weighted by Crippen LogP contribution is -2.33. The van der Waals surface area contributed by atoms with E-state index in [0.717, 1.165) is 37.4 Å². The quantitative estimate of drug-likeness (QED) is 0.854. The Kier molecular flexibility index (Phi) is 3.96. The number of aromatic nitrogens is 1. The fourth-order valence-electron chi connectivity index (χ4n) is 1.87. The number of rotatable bonds is 5. The molecule has 4 heteroatoms. The highest BCUT2D eigenvalue weighted by Crippen LogP contribution is 2.19. The van der Waals surface area contributed by atoms with Crippen LogP contribution in [0.25, 0.3) is 0 Å². The molecule has 0 aliphatic carbocycles. The number of hydrogen-bond donors (Lipinski definition) is 1. The summed E-state index contributed by atoms with van der Waals surface area (Å²) in [5.41, 5.74) is 1.11. The summed E-state index contributed by atoms with van der Waals surface area (Å²) < 4.78 is 5.62. The van der Waals surface area contributed by atoms with E-state index < -0.39 is 0 Å². The van der Waals surface area contributed by atoms with E-state index in [1.165, 1.54) is 5.01 Å². The monoisotopic (exact) mass is 238 g/mol. The lowest BCUT2D eigenvalue weighted by molar-refractivity contribution is 0.215. The Hall–Kier alpha value is -0.870. The minimum absolute atomic E-state index is 0.290. The van der Waals surface area contributed by atoms with Crippen LogP contribution >= 0.6 is 11.3 Å². The van der Waals surface area contributed by atoms with E-state index in [4.69, 9.17) is 4.74 Å². The maximum atomic E-state index is 5.62. The first-order chi connectivity index (χ1) is 7.79. The highest BCUT2D eigenvalue weighted by atomic mass is 32.1. The fourth-order valence-corrected chi connectivity index (χ4v) is 2.69. The minimum atomic E-state index is 0.290. The molecule has 16 heavy (non-hydrogen) atoms. The van der Waals surface area contributed by atoms with Gasteiger partial charge in [0, 0.05) is 23.9 Å². The zero-order valence-electron chi connectivity index (χ0n) is 9.82. The number of likely N-dealkylation sites (N-methyl/N-ethyl adjacent to an activating group) is 1. The number of ether oxygens (including phenoxy) is 1. The van der Waals surface area contributed by atoms with Gasteiger partial charge in [-0.05, 0) is 19.5 Å². The minimum Gasteiger partial charge on any atom is -0.496 e. The Morgan fingerprint density at radius 2 is 2.50 bits per heavy atom. The maximum absolute atomic E-state index is 5.62. The van der Waals surface area contributed by atoms with Gasteiger partial charge < -0.3 is 10.1 Å². The third kappa shape index (κ3) is 2.83. The predicted octanol–water partition coefficient (Wildman–Crippen LogP) is 2.28. The molecule has 0 saturated heterocycles. The highest BCUT2D eigenvalue weighted by Gasteiger charge is 2.19. The van der Waals surface area contributed by atoms with Crippen molar-refractivity contribution in [3.8, 4) is 0 Å². The second-order valence-corrected chi connectivity index (χ2v) is 4.88. The molecule has 1 unspecified atom stereocenters. The molecule has 0 fully saturated rings. The van der Waals surface area contributed by atoms with Crippen LogP contribution in [0.3, 0.4) is 0 Å². The molecule has 0 aromatic carbocycles. The molecule has 1 atom stereocenters. The highest BCUT2D eigenvalue weighted by molar-refractivity contribution is 7.09. The Morgan fingerprint density at radius 3 is 3.06 bits per heavy atom. The number of hydrogen-bond acceptors (Lipinski definition) is 4. The van der Waals surface area contributed by atoms with E-state index >= 15 is 0 Å². The molecule has 2 heterocycles. The van der Waals surface area contributed by atoms with Gasteiger partial charge in [0.1, 0.15) is 5.76 Å². The van der Waals surface area contributed by atoms with Crippen molar-refractivity contribution >= 4 is 11.3 Å². The summed E-state index contributed by atoms with van der Waals surface area (Å²) in [6.45, 7) is 5.94. The summed E-state index contributed by atoms with van der Waals surface area (Å²) in [5.74, 6) is 1.09. The van der Waals surface area contributed by atoms with Crippen LogP contribution in [0.1, 0.15) is 24.0 Å². The first-order valence-electron chi connectivity index (χ1n) is 5.77. The summed E-state index contributed by atoms with van der Waals surface area (Å²) in [7, 11) is 0. The maximum Gasteiger partial charge on any atom is 0.109 e. The van der Waals surface area contributed by atoms with Crippen LogP contribution in [0.2, 0.25) is 0 Å². The van der Waals surface area contributed by atoms with Crippen molar-refractivity contribution in [3.05, 3.63) is 27.9 Å². The molecule has 1 aromatic heterocycles. The average molecular weight is 238 g/mol. The molecule has 2 rings (SSSR count). The van der Waals surface area contributed by atoms with Gasteiger partial charge in [0.2, 0.25) is 0 Å². The van der Waals surface area contributed by atoms with E-state index in [9.17, 15) is 0 Å². The number of nitrogens with zero attached hydrogens (tertiary/aromatic N) is 1. The third-order valence-corrected chi connectivity index (χ3v) is 3.56. The van der Waals surface area contributed by atoms with Crippen LogP contribution in [0.15, 0.2) is 17.2 Å². The summed E-state index contributed by atoms with van der Waals surface area (Å²) in [6, 6.07) is 0.290. The second-order valence-electron chi connectivity index (χ2n) is 3.94. The first kappa shape index (κ1) is 11.6. The lowest BCUT2D eigenvalue weighted by Gasteiger charge is -2.17. The zero-order chi connectivity index (χ0) is 11.4. The Labute approximate surface area is 101 Å². The van der Waals surface area contributed by atoms with E-state index in [0.29, 0.717) is 0 Å². The molecule has 1 aliphatic rings.